The van der Waals surface area contributed by atoms with E-state index in [-0.39, 0.29) is 10.9 Å². The van der Waals surface area contributed by atoms with E-state index in [0.29, 0.717) is 21.6 Å². The second kappa shape index (κ2) is 6.19. The van der Waals surface area contributed by atoms with Gasteiger partial charge in [-0.2, -0.15) is 0 Å². The molecule has 130 valence electrons. The monoisotopic (exact) mass is 385 g/mol. The molecule has 0 saturated heterocycles. The van der Waals surface area contributed by atoms with Crippen molar-refractivity contribution < 1.29 is 0 Å². The van der Waals surface area contributed by atoms with E-state index in [1.807, 2.05) is 18.4 Å². The number of halogens is 1. The highest BCUT2D eigenvalue weighted by molar-refractivity contribution is 7.98. The molecule has 6 nitrogen and oxygen atoms in total. The Kier molecular flexibility index (Phi) is 3.97. The third kappa shape index (κ3) is 2.56. The van der Waals surface area contributed by atoms with Crippen LogP contribution in [-0.4, -0.2) is 21.0 Å². The molecule has 0 amide bonds. The zero-order valence-electron chi connectivity index (χ0n) is 13.5. The normalized spacial score (nSPS) is 11.3. The molecule has 0 unspecified atom stereocenters. The number of rotatable bonds is 2. The summed E-state index contributed by atoms with van der Waals surface area (Å²) in [5.41, 5.74) is -0.839. The second-order valence-electron chi connectivity index (χ2n) is 5.67. The molecule has 2 heterocycles. The van der Waals surface area contributed by atoms with Crippen molar-refractivity contribution >= 4 is 45.2 Å². The highest BCUT2D eigenvalue weighted by atomic mass is 35.5. The largest absolute Gasteiger partial charge is 0.350 e. The number of pyridine rings is 1. The number of aromatic nitrogens is 3. The number of aromatic amines is 2. The van der Waals surface area contributed by atoms with Gasteiger partial charge in [0.25, 0.3) is 11.1 Å². The number of H-pyrrole nitrogens is 2. The van der Waals surface area contributed by atoms with Gasteiger partial charge in [-0.05, 0) is 48.7 Å². The lowest BCUT2D eigenvalue weighted by Crippen LogP contribution is -2.32. The van der Waals surface area contributed by atoms with Crippen molar-refractivity contribution in [3.05, 3.63) is 78.4 Å². The molecule has 0 atom stereocenters. The van der Waals surface area contributed by atoms with Gasteiger partial charge in [-0.3, -0.25) is 19.5 Å². The number of benzene rings is 2. The van der Waals surface area contributed by atoms with Crippen LogP contribution in [0.15, 0.2) is 61.7 Å². The number of hydrogen-bond donors (Lipinski definition) is 2. The number of nitrogens with zero attached hydrogens (tertiary/aromatic N) is 1. The topological polar surface area (TPSA) is 87.7 Å². The van der Waals surface area contributed by atoms with E-state index >= 15 is 0 Å². The first-order valence-electron chi connectivity index (χ1n) is 7.64. The van der Waals surface area contributed by atoms with Crippen LogP contribution in [0.3, 0.4) is 0 Å². The summed E-state index contributed by atoms with van der Waals surface area (Å²) in [6.45, 7) is 0. The molecule has 0 saturated carbocycles. The molecule has 0 fully saturated rings. The maximum atomic E-state index is 12.9. The van der Waals surface area contributed by atoms with Crippen LogP contribution >= 0.6 is 23.4 Å². The van der Waals surface area contributed by atoms with Crippen LogP contribution < -0.4 is 16.5 Å². The van der Waals surface area contributed by atoms with Crippen molar-refractivity contribution in [3.63, 3.8) is 0 Å². The molecule has 0 aliphatic carbocycles. The van der Waals surface area contributed by atoms with Crippen molar-refractivity contribution in [1.82, 2.24) is 14.8 Å². The maximum absolute atomic E-state index is 12.9. The number of hydrogen-bond acceptors (Lipinski definition) is 4. The molecule has 0 aliphatic rings. The van der Waals surface area contributed by atoms with Crippen molar-refractivity contribution in [2.75, 3.05) is 6.26 Å². The first-order chi connectivity index (χ1) is 12.5. The van der Waals surface area contributed by atoms with Crippen molar-refractivity contribution in [2.24, 2.45) is 0 Å². The van der Waals surface area contributed by atoms with Gasteiger partial charge in [0.05, 0.1) is 11.2 Å². The van der Waals surface area contributed by atoms with Gasteiger partial charge in [-0.25, -0.2) is 4.68 Å². The second-order valence-corrected chi connectivity index (χ2v) is 6.99. The summed E-state index contributed by atoms with van der Waals surface area (Å²) in [5, 5.41) is 3.06. The van der Waals surface area contributed by atoms with Crippen LogP contribution in [0, 0.1) is 0 Å². The van der Waals surface area contributed by atoms with Crippen molar-refractivity contribution in [2.45, 2.75) is 4.90 Å². The predicted octanol–water partition coefficient (Wildman–Crippen LogP) is 2.90. The fourth-order valence-corrected chi connectivity index (χ4v) is 3.45. The van der Waals surface area contributed by atoms with Gasteiger partial charge >= 0.3 is 0 Å². The van der Waals surface area contributed by atoms with Crippen LogP contribution in [0.2, 0.25) is 5.02 Å². The summed E-state index contributed by atoms with van der Waals surface area (Å²) >= 11 is 7.51. The number of fused-ring (bicyclic) bond motifs is 2. The van der Waals surface area contributed by atoms with Gasteiger partial charge in [0.1, 0.15) is 10.9 Å². The smallest absolute Gasteiger partial charge is 0.287 e. The Hall–Kier alpha value is -2.77. The van der Waals surface area contributed by atoms with Gasteiger partial charge in [0, 0.05) is 15.3 Å². The standard InChI is InChI=1S/C18H12ClN3O3S/c1-26-11-5-3-10(4-6-11)22-18(25)14-15(17(24)21-22)20-13-8-9(19)2-7-12(13)16(14)23/h2-8H,1H3,(H,20,23)(H,21,24). The van der Waals surface area contributed by atoms with Crippen LogP contribution in [0.25, 0.3) is 27.5 Å². The average molecular weight is 386 g/mol. The molecule has 0 spiro atoms. The Labute approximate surface area is 155 Å². The molecule has 8 heteroatoms. The molecule has 4 aromatic rings. The third-order valence-corrected chi connectivity index (χ3v) is 5.13. The lowest BCUT2D eigenvalue weighted by molar-refractivity contribution is 0.798. The Morgan fingerprint density at radius 2 is 1.77 bits per heavy atom. The summed E-state index contributed by atoms with van der Waals surface area (Å²) in [7, 11) is 0. The van der Waals surface area contributed by atoms with E-state index in [2.05, 4.69) is 10.1 Å². The van der Waals surface area contributed by atoms with Crippen LogP contribution in [0.1, 0.15) is 0 Å². The molecule has 0 radical (unpaired) electrons. The van der Waals surface area contributed by atoms with E-state index in [0.717, 1.165) is 9.58 Å². The van der Waals surface area contributed by atoms with Gasteiger partial charge in [0.15, 0.2) is 0 Å². The zero-order valence-corrected chi connectivity index (χ0v) is 15.1. The van der Waals surface area contributed by atoms with Gasteiger partial charge in [-0.15, -0.1) is 11.8 Å². The summed E-state index contributed by atoms with van der Waals surface area (Å²) in [6.07, 6.45) is 1.94. The summed E-state index contributed by atoms with van der Waals surface area (Å²) < 4.78 is 1.09. The predicted molar refractivity (Wildman–Crippen MR) is 105 cm³/mol. The maximum Gasteiger partial charge on any atom is 0.287 e. The fraction of sp³-hybridized carbons (Fsp3) is 0.0556. The summed E-state index contributed by atoms with van der Waals surface area (Å²) in [6, 6.07) is 11.7. The molecule has 0 bridgehead atoms. The molecule has 26 heavy (non-hydrogen) atoms. The molecule has 2 N–H and O–H groups in total. The summed E-state index contributed by atoms with van der Waals surface area (Å²) in [4.78, 5) is 42.1. The molecular formula is C18H12ClN3O3S. The Bertz CT molecular complexity index is 1340. The number of thioether (sulfide) groups is 1. The Morgan fingerprint density at radius 3 is 2.46 bits per heavy atom. The minimum Gasteiger partial charge on any atom is -0.350 e. The summed E-state index contributed by atoms with van der Waals surface area (Å²) in [5.74, 6) is 0. The highest BCUT2D eigenvalue weighted by Gasteiger charge is 2.15. The molecule has 2 aromatic carbocycles. The average Bonchev–Trinajstić information content (AvgIpc) is 2.64. The lowest BCUT2D eigenvalue weighted by atomic mass is 10.1. The van der Waals surface area contributed by atoms with E-state index in [4.69, 9.17) is 11.6 Å². The third-order valence-electron chi connectivity index (χ3n) is 4.15. The van der Waals surface area contributed by atoms with E-state index in [9.17, 15) is 14.4 Å². The molecular weight excluding hydrogens is 374 g/mol. The number of nitrogens with one attached hydrogen (secondary N) is 2. The van der Waals surface area contributed by atoms with Crippen LogP contribution in [0.4, 0.5) is 0 Å². The SMILES string of the molecule is CSc1ccc(-n2[nH]c(=O)c3[nH]c4cc(Cl)ccc4c(=O)c3c2=O)cc1. The minimum absolute atomic E-state index is 0.0632. The van der Waals surface area contributed by atoms with E-state index in [1.165, 1.54) is 6.07 Å². The zero-order chi connectivity index (χ0) is 18.4. The van der Waals surface area contributed by atoms with E-state index < -0.39 is 16.5 Å². The lowest BCUT2D eigenvalue weighted by Gasteiger charge is -2.08. The van der Waals surface area contributed by atoms with Gasteiger partial charge < -0.3 is 4.98 Å². The van der Waals surface area contributed by atoms with Crippen LogP contribution in [-0.2, 0) is 0 Å². The van der Waals surface area contributed by atoms with Gasteiger partial charge in [0.2, 0.25) is 5.43 Å². The molecule has 2 aromatic heterocycles. The van der Waals surface area contributed by atoms with Gasteiger partial charge in [-0.1, -0.05) is 11.6 Å². The Balaban J connectivity index is 2.10. The highest BCUT2D eigenvalue weighted by Crippen LogP contribution is 2.18. The van der Waals surface area contributed by atoms with Crippen molar-refractivity contribution in [1.29, 1.82) is 0 Å². The van der Waals surface area contributed by atoms with Crippen molar-refractivity contribution in [3.8, 4) is 5.69 Å². The quantitative estimate of drug-likeness (QED) is 0.410. The molecule has 4 rings (SSSR count). The van der Waals surface area contributed by atoms with Crippen LogP contribution in [0.5, 0.6) is 0 Å². The molecule has 0 aliphatic heterocycles. The minimum atomic E-state index is -0.588. The van der Waals surface area contributed by atoms with E-state index in [1.54, 1.807) is 36.0 Å². The Morgan fingerprint density at radius 1 is 1.04 bits per heavy atom. The fourth-order valence-electron chi connectivity index (χ4n) is 2.87. The first-order valence-corrected chi connectivity index (χ1v) is 9.25. The first kappa shape index (κ1) is 16.7.